The highest BCUT2D eigenvalue weighted by atomic mass is 32.1. The fraction of sp³-hybridized carbons (Fsp3) is 0.238. The van der Waals surface area contributed by atoms with E-state index in [4.69, 9.17) is 4.74 Å². The highest BCUT2D eigenvalue weighted by Gasteiger charge is 2.16. The molecule has 29 heavy (non-hydrogen) atoms. The van der Waals surface area contributed by atoms with E-state index in [1.165, 1.54) is 22.7 Å². The van der Waals surface area contributed by atoms with Crippen molar-refractivity contribution in [2.45, 2.75) is 27.3 Å². The van der Waals surface area contributed by atoms with Gasteiger partial charge in [-0.2, -0.15) is 4.99 Å². The molecular formula is C21H19N3O3S2. The van der Waals surface area contributed by atoms with Gasteiger partial charge in [0.25, 0.3) is 0 Å². The highest BCUT2D eigenvalue weighted by Crippen LogP contribution is 2.25. The van der Waals surface area contributed by atoms with Gasteiger partial charge >= 0.3 is 11.9 Å². The molecule has 2 aromatic carbocycles. The van der Waals surface area contributed by atoms with Crippen LogP contribution in [0, 0.1) is 13.8 Å². The second-order valence-electron chi connectivity index (χ2n) is 6.61. The first kappa shape index (κ1) is 19.5. The van der Waals surface area contributed by atoms with Crippen molar-refractivity contribution in [3.05, 3.63) is 57.3 Å². The molecule has 0 spiro atoms. The number of nitrogens with zero attached hydrogens (tertiary/aromatic N) is 3. The van der Waals surface area contributed by atoms with Crippen LogP contribution in [0.1, 0.15) is 27.9 Å². The summed E-state index contributed by atoms with van der Waals surface area (Å²) in [6, 6.07) is 11.7. The van der Waals surface area contributed by atoms with Crippen molar-refractivity contribution in [2.75, 3.05) is 6.61 Å². The van der Waals surface area contributed by atoms with Crippen molar-refractivity contribution in [1.82, 2.24) is 9.55 Å². The maximum Gasteiger partial charge on any atom is 0.326 e. The number of fused-ring (bicyclic) bond motifs is 2. The number of hydrogen-bond donors (Lipinski definition) is 0. The molecule has 2 heterocycles. The van der Waals surface area contributed by atoms with Gasteiger partial charge in [0.05, 0.1) is 27.0 Å². The average molecular weight is 426 g/mol. The molecule has 0 saturated heterocycles. The Morgan fingerprint density at radius 2 is 1.97 bits per heavy atom. The molecule has 0 atom stereocenters. The van der Waals surface area contributed by atoms with Gasteiger partial charge in [-0.05, 0) is 50.1 Å². The molecule has 0 aliphatic carbocycles. The van der Waals surface area contributed by atoms with E-state index in [-0.39, 0.29) is 12.5 Å². The summed E-state index contributed by atoms with van der Waals surface area (Å²) in [5, 5.41) is 0.333. The lowest BCUT2D eigenvalue weighted by Gasteiger charge is -2.06. The highest BCUT2D eigenvalue weighted by molar-refractivity contribution is 7.20. The molecule has 0 radical (unpaired) electrons. The van der Waals surface area contributed by atoms with E-state index in [0.29, 0.717) is 16.4 Å². The van der Waals surface area contributed by atoms with E-state index in [0.717, 1.165) is 31.6 Å². The third-order valence-corrected chi connectivity index (χ3v) is 6.63. The summed E-state index contributed by atoms with van der Waals surface area (Å²) in [6.07, 6.45) is 0. The Kier molecular flexibility index (Phi) is 5.29. The van der Waals surface area contributed by atoms with Crippen molar-refractivity contribution < 1.29 is 14.3 Å². The van der Waals surface area contributed by atoms with E-state index in [9.17, 15) is 9.59 Å². The Labute approximate surface area is 175 Å². The summed E-state index contributed by atoms with van der Waals surface area (Å²) in [5.74, 6) is -0.773. The van der Waals surface area contributed by atoms with Crippen molar-refractivity contribution >= 4 is 55.0 Å². The van der Waals surface area contributed by atoms with E-state index in [1.54, 1.807) is 11.5 Å². The average Bonchev–Trinajstić information content (AvgIpc) is 3.25. The predicted molar refractivity (Wildman–Crippen MR) is 115 cm³/mol. The number of carbonyl (C=O) groups is 2. The van der Waals surface area contributed by atoms with Crippen LogP contribution in [0.5, 0.6) is 0 Å². The summed E-state index contributed by atoms with van der Waals surface area (Å²) in [7, 11) is 0. The van der Waals surface area contributed by atoms with E-state index in [2.05, 4.69) is 16.0 Å². The van der Waals surface area contributed by atoms with Gasteiger partial charge in [0.15, 0.2) is 9.81 Å². The van der Waals surface area contributed by atoms with Crippen LogP contribution in [-0.2, 0) is 16.1 Å². The maximum absolute atomic E-state index is 12.8. The van der Waals surface area contributed by atoms with Crippen LogP contribution in [0.2, 0.25) is 0 Å². The van der Waals surface area contributed by atoms with Crippen LogP contribution in [0.25, 0.3) is 20.4 Å². The summed E-state index contributed by atoms with van der Waals surface area (Å²) >= 11 is 2.71. The Balaban J connectivity index is 1.85. The first-order chi connectivity index (χ1) is 14.0. The van der Waals surface area contributed by atoms with Gasteiger partial charge in [-0.3, -0.25) is 9.59 Å². The van der Waals surface area contributed by atoms with Crippen molar-refractivity contribution in [2.24, 2.45) is 4.99 Å². The second kappa shape index (κ2) is 7.88. The Morgan fingerprint density at radius 3 is 2.72 bits per heavy atom. The molecule has 8 heteroatoms. The molecule has 2 aromatic heterocycles. The molecule has 4 rings (SSSR count). The molecule has 4 aromatic rings. The zero-order valence-corrected chi connectivity index (χ0v) is 17.9. The monoisotopic (exact) mass is 425 g/mol. The lowest BCUT2D eigenvalue weighted by molar-refractivity contribution is -0.143. The number of amides is 1. The number of rotatable bonds is 4. The minimum atomic E-state index is -0.412. The lowest BCUT2D eigenvalue weighted by Crippen LogP contribution is -2.23. The predicted octanol–water partition coefficient (Wildman–Crippen LogP) is 4.23. The number of para-hydroxylation sites is 1. The van der Waals surface area contributed by atoms with Crippen molar-refractivity contribution in [3.63, 3.8) is 0 Å². The Hall–Kier alpha value is -2.84. The zero-order valence-electron chi connectivity index (χ0n) is 16.3. The molecule has 0 bridgehead atoms. The summed E-state index contributed by atoms with van der Waals surface area (Å²) in [6.45, 7) is 6.09. The number of aromatic nitrogens is 2. The second-order valence-corrected chi connectivity index (χ2v) is 8.62. The number of hydrogen-bond acceptors (Lipinski definition) is 6. The van der Waals surface area contributed by atoms with Crippen LogP contribution in [0.15, 0.2) is 41.4 Å². The van der Waals surface area contributed by atoms with Crippen LogP contribution < -0.4 is 4.80 Å². The molecule has 0 aliphatic rings. The van der Waals surface area contributed by atoms with Crippen LogP contribution in [-0.4, -0.2) is 28.0 Å². The SMILES string of the molecule is CCOC(=O)Cn1c(=NC(=O)c2nc3ccccc3s2)sc2c(C)cc(C)cc21. The minimum absolute atomic E-state index is 0.00267. The molecule has 148 valence electrons. The number of aryl methyl sites for hydroxylation is 2. The van der Waals surface area contributed by atoms with Crippen LogP contribution in [0.4, 0.5) is 0 Å². The number of carbonyl (C=O) groups excluding carboxylic acids is 2. The van der Waals surface area contributed by atoms with E-state index < -0.39 is 5.91 Å². The number of esters is 1. The van der Waals surface area contributed by atoms with Gasteiger partial charge in [-0.15, -0.1) is 11.3 Å². The molecule has 0 N–H and O–H groups in total. The fourth-order valence-electron chi connectivity index (χ4n) is 3.18. The van der Waals surface area contributed by atoms with Crippen LogP contribution >= 0.6 is 22.7 Å². The molecule has 6 nitrogen and oxygen atoms in total. The van der Waals surface area contributed by atoms with Gasteiger partial charge < -0.3 is 9.30 Å². The standard InChI is InChI=1S/C21H19N3O3S2/c1-4-27-17(25)11-24-15-10-12(2)9-13(3)18(15)29-21(24)23-19(26)20-22-14-7-5-6-8-16(14)28-20/h5-10H,4,11H2,1-3H3. The number of benzene rings is 2. The number of ether oxygens (including phenoxy) is 1. The van der Waals surface area contributed by atoms with Gasteiger partial charge in [0.2, 0.25) is 0 Å². The molecule has 0 fully saturated rings. The smallest absolute Gasteiger partial charge is 0.326 e. The van der Waals surface area contributed by atoms with Crippen LogP contribution in [0.3, 0.4) is 0 Å². The topological polar surface area (TPSA) is 73.6 Å². The van der Waals surface area contributed by atoms with Gasteiger partial charge in [0, 0.05) is 0 Å². The van der Waals surface area contributed by atoms with E-state index >= 15 is 0 Å². The molecule has 0 aliphatic heterocycles. The maximum atomic E-state index is 12.8. The number of thiazole rings is 2. The fourth-order valence-corrected chi connectivity index (χ4v) is 5.11. The Morgan fingerprint density at radius 1 is 1.17 bits per heavy atom. The van der Waals surface area contributed by atoms with Crippen molar-refractivity contribution in [1.29, 1.82) is 0 Å². The first-order valence-corrected chi connectivity index (χ1v) is 10.8. The van der Waals surface area contributed by atoms with Gasteiger partial charge in [0.1, 0.15) is 6.54 Å². The summed E-state index contributed by atoms with van der Waals surface area (Å²) < 4.78 is 8.80. The first-order valence-electron chi connectivity index (χ1n) is 9.17. The van der Waals surface area contributed by atoms with Gasteiger partial charge in [-0.25, -0.2) is 4.98 Å². The summed E-state index contributed by atoms with van der Waals surface area (Å²) in [5.41, 5.74) is 3.81. The normalized spacial score (nSPS) is 12.0. The van der Waals surface area contributed by atoms with Gasteiger partial charge in [-0.1, -0.05) is 29.5 Å². The quantitative estimate of drug-likeness (QED) is 0.459. The molecule has 0 saturated carbocycles. The molecular weight excluding hydrogens is 406 g/mol. The Bertz CT molecular complexity index is 1280. The minimum Gasteiger partial charge on any atom is -0.465 e. The largest absolute Gasteiger partial charge is 0.465 e. The third-order valence-electron chi connectivity index (χ3n) is 4.38. The summed E-state index contributed by atoms with van der Waals surface area (Å²) in [4.78, 5) is 34.2. The van der Waals surface area contributed by atoms with Crippen molar-refractivity contribution in [3.8, 4) is 0 Å². The zero-order chi connectivity index (χ0) is 20.5. The lowest BCUT2D eigenvalue weighted by atomic mass is 10.1. The van der Waals surface area contributed by atoms with E-state index in [1.807, 2.05) is 44.2 Å². The molecule has 1 amide bonds. The third kappa shape index (κ3) is 3.86. The molecule has 0 unspecified atom stereocenters.